The standard InChI is InChI=1S/C38H43N5O5/c1-46-35-15-9-29(23-36(35)47-2)38(45)43(32-12-10-31(39)11-13-32)25-26-5-3-6-27(21-26)28-8-14-34(42-17-19-48-20-18-42)33(22-28)41-37(44)30-7-4-16-40-24-30/h3-9,14-16,21-24,31-32H,10-13,17-20,25,39H2,1-2H3,(H,41,44). The van der Waals surface area contributed by atoms with Gasteiger partial charge in [0.15, 0.2) is 11.5 Å². The number of hydrogen-bond acceptors (Lipinski definition) is 8. The summed E-state index contributed by atoms with van der Waals surface area (Å²) in [5.74, 6) is 0.813. The van der Waals surface area contributed by atoms with Crippen LogP contribution < -0.4 is 25.4 Å². The topological polar surface area (TPSA) is 119 Å². The fraction of sp³-hybridized carbons (Fsp3) is 0.342. The van der Waals surface area contributed by atoms with E-state index in [-0.39, 0.29) is 23.9 Å². The monoisotopic (exact) mass is 649 g/mol. The molecule has 1 saturated heterocycles. The van der Waals surface area contributed by atoms with Crippen molar-refractivity contribution >= 4 is 23.2 Å². The second-order valence-electron chi connectivity index (χ2n) is 12.3. The number of rotatable bonds is 10. The number of anilines is 2. The van der Waals surface area contributed by atoms with E-state index < -0.39 is 0 Å². The summed E-state index contributed by atoms with van der Waals surface area (Å²) in [4.78, 5) is 35.7. The van der Waals surface area contributed by atoms with Crippen LogP contribution in [0, 0.1) is 0 Å². The maximum atomic E-state index is 14.1. The molecule has 1 aliphatic carbocycles. The Balaban J connectivity index is 1.30. The van der Waals surface area contributed by atoms with Crippen LogP contribution in [0.25, 0.3) is 11.1 Å². The van der Waals surface area contributed by atoms with Crippen molar-refractivity contribution < 1.29 is 23.8 Å². The minimum Gasteiger partial charge on any atom is -0.493 e. The second-order valence-corrected chi connectivity index (χ2v) is 12.3. The molecule has 0 atom stereocenters. The fourth-order valence-electron chi connectivity index (χ4n) is 6.55. The smallest absolute Gasteiger partial charge is 0.257 e. The van der Waals surface area contributed by atoms with Crippen LogP contribution in [0.1, 0.15) is 52.0 Å². The molecule has 4 aromatic rings. The van der Waals surface area contributed by atoms with Crippen LogP contribution in [0.15, 0.2) is 85.2 Å². The molecular weight excluding hydrogens is 606 g/mol. The quantitative estimate of drug-likeness (QED) is 0.222. The Labute approximate surface area is 281 Å². The highest BCUT2D eigenvalue weighted by Gasteiger charge is 2.29. The van der Waals surface area contributed by atoms with Crippen LogP contribution in [0.3, 0.4) is 0 Å². The molecule has 0 spiro atoms. The van der Waals surface area contributed by atoms with Gasteiger partial charge in [-0.15, -0.1) is 0 Å². The van der Waals surface area contributed by atoms with Crippen molar-refractivity contribution in [1.29, 1.82) is 0 Å². The number of nitrogens with zero attached hydrogens (tertiary/aromatic N) is 3. The average Bonchev–Trinajstić information content (AvgIpc) is 3.14. The molecule has 3 aromatic carbocycles. The summed E-state index contributed by atoms with van der Waals surface area (Å²) in [5.41, 5.74) is 11.9. The van der Waals surface area contributed by atoms with Crippen LogP contribution in [0.4, 0.5) is 11.4 Å². The number of methoxy groups -OCH3 is 2. The first-order chi connectivity index (χ1) is 23.4. The highest BCUT2D eigenvalue weighted by atomic mass is 16.5. The Morgan fingerprint density at radius 3 is 2.40 bits per heavy atom. The largest absolute Gasteiger partial charge is 0.493 e. The van der Waals surface area contributed by atoms with Crippen molar-refractivity contribution in [3.63, 3.8) is 0 Å². The number of carbonyl (C=O) groups is 2. The molecular formula is C38H43N5O5. The van der Waals surface area contributed by atoms with Gasteiger partial charge in [0.2, 0.25) is 0 Å². The molecule has 2 aliphatic rings. The molecule has 1 saturated carbocycles. The van der Waals surface area contributed by atoms with Crippen molar-refractivity contribution in [2.45, 2.75) is 44.3 Å². The van der Waals surface area contributed by atoms with Crippen molar-refractivity contribution in [3.05, 3.63) is 102 Å². The Bertz CT molecular complexity index is 1720. The van der Waals surface area contributed by atoms with Crippen molar-refractivity contribution in [2.75, 3.05) is 50.7 Å². The normalized spacial score (nSPS) is 17.8. The zero-order valence-corrected chi connectivity index (χ0v) is 27.6. The average molecular weight is 650 g/mol. The molecule has 1 aromatic heterocycles. The number of aromatic nitrogens is 1. The lowest BCUT2D eigenvalue weighted by Gasteiger charge is -2.36. The molecule has 6 rings (SSSR count). The third kappa shape index (κ3) is 7.61. The van der Waals surface area contributed by atoms with Crippen LogP contribution in [0.5, 0.6) is 11.5 Å². The molecule has 0 radical (unpaired) electrons. The Hall–Kier alpha value is -4.93. The lowest BCUT2D eigenvalue weighted by atomic mass is 9.90. The van der Waals surface area contributed by atoms with Gasteiger partial charge in [0.05, 0.1) is 44.4 Å². The molecule has 0 bridgehead atoms. The number of ether oxygens (including phenoxy) is 3. The van der Waals surface area contributed by atoms with Crippen LogP contribution in [0.2, 0.25) is 0 Å². The van der Waals surface area contributed by atoms with Gasteiger partial charge in [0, 0.05) is 49.7 Å². The SMILES string of the molecule is COc1ccc(C(=O)N(Cc2cccc(-c3ccc(N4CCOCC4)c(NC(=O)c4cccnc4)c3)c2)C2CCC(N)CC2)cc1OC. The van der Waals surface area contributed by atoms with E-state index in [4.69, 9.17) is 19.9 Å². The Morgan fingerprint density at radius 2 is 1.67 bits per heavy atom. The van der Waals surface area contributed by atoms with Crippen LogP contribution >= 0.6 is 0 Å². The van der Waals surface area contributed by atoms with E-state index in [1.54, 1.807) is 56.9 Å². The maximum absolute atomic E-state index is 14.1. The Kier molecular flexibility index (Phi) is 10.5. The number of nitrogens with one attached hydrogen (secondary N) is 1. The van der Waals surface area contributed by atoms with Gasteiger partial charge in [-0.2, -0.15) is 0 Å². The van der Waals surface area contributed by atoms with E-state index in [0.717, 1.165) is 66.8 Å². The second kappa shape index (κ2) is 15.3. The number of pyridine rings is 1. The summed E-state index contributed by atoms with van der Waals surface area (Å²) in [5, 5.41) is 3.13. The lowest BCUT2D eigenvalue weighted by Crippen LogP contribution is -2.43. The summed E-state index contributed by atoms with van der Waals surface area (Å²) >= 11 is 0. The van der Waals surface area contributed by atoms with Gasteiger partial charge in [0.25, 0.3) is 11.8 Å². The predicted molar refractivity (Wildman–Crippen MR) is 187 cm³/mol. The third-order valence-electron chi connectivity index (χ3n) is 9.21. The van der Waals surface area contributed by atoms with Crippen LogP contribution in [-0.4, -0.2) is 74.3 Å². The maximum Gasteiger partial charge on any atom is 0.257 e. The van der Waals surface area contributed by atoms with Crippen molar-refractivity contribution in [1.82, 2.24) is 9.88 Å². The number of benzene rings is 3. The van der Waals surface area contributed by atoms with Gasteiger partial charge >= 0.3 is 0 Å². The molecule has 2 heterocycles. The molecule has 0 unspecified atom stereocenters. The van der Waals surface area contributed by atoms with Gasteiger partial charge in [-0.1, -0.05) is 24.3 Å². The van der Waals surface area contributed by atoms with E-state index in [0.29, 0.717) is 42.4 Å². The molecule has 48 heavy (non-hydrogen) atoms. The highest BCUT2D eigenvalue weighted by Crippen LogP contribution is 2.34. The van der Waals surface area contributed by atoms with E-state index in [9.17, 15) is 9.59 Å². The molecule has 2 fully saturated rings. The fourth-order valence-corrected chi connectivity index (χ4v) is 6.55. The van der Waals surface area contributed by atoms with Gasteiger partial charge in [-0.25, -0.2) is 0 Å². The predicted octanol–water partition coefficient (Wildman–Crippen LogP) is 5.77. The summed E-state index contributed by atoms with van der Waals surface area (Å²) in [7, 11) is 3.15. The summed E-state index contributed by atoms with van der Waals surface area (Å²) < 4.78 is 16.5. The van der Waals surface area contributed by atoms with E-state index in [1.807, 2.05) is 17.0 Å². The lowest BCUT2D eigenvalue weighted by molar-refractivity contribution is 0.0606. The molecule has 10 heteroatoms. The zero-order chi connectivity index (χ0) is 33.5. The highest BCUT2D eigenvalue weighted by molar-refractivity contribution is 6.06. The van der Waals surface area contributed by atoms with Gasteiger partial charge in [-0.3, -0.25) is 14.6 Å². The first-order valence-electron chi connectivity index (χ1n) is 16.5. The molecule has 1 aliphatic heterocycles. The number of nitrogens with two attached hydrogens (primary N) is 1. The summed E-state index contributed by atoms with van der Waals surface area (Å²) in [6.45, 7) is 3.18. The first kappa shape index (κ1) is 33.0. The molecule has 250 valence electrons. The number of carbonyl (C=O) groups excluding carboxylic acids is 2. The van der Waals surface area contributed by atoms with E-state index in [1.165, 1.54) is 0 Å². The molecule has 3 N–H and O–H groups in total. The zero-order valence-electron chi connectivity index (χ0n) is 27.6. The molecule has 2 amide bonds. The van der Waals surface area contributed by atoms with Gasteiger partial charge < -0.3 is 35.1 Å². The van der Waals surface area contributed by atoms with Crippen molar-refractivity contribution in [3.8, 4) is 22.6 Å². The Morgan fingerprint density at radius 1 is 0.896 bits per heavy atom. The third-order valence-corrected chi connectivity index (χ3v) is 9.21. The number of hydrogen-bond donors (Lipinski definition) is 2. The van der Waals surface area contributed by atoms with Crippen LogP contribution in [-0.2, 0) is 11.3 Å². The summed E-state index contributed by atoms with van der Waals surface area (Å²) in [6, 6.07) is 23.5. The van der Waals surface area contributed by atoms with E-state index in [2.05, 4.69) is 45.5 Å². The molecule has 10 nitrogen and oxygen atoms in total. The van der Waals surface area contributed by atoms with Gasteiger partial charge in [-0.05, 0) is 90.9 Å². The first-order valence-corrected chi connectivity index (χ1v) is 16.5. The minimum absolute atomic E-state index is 0.0582. The number of morpholine rings is 1. The summed E-state index contributed by atoms with van der Waals surface area (Å²) in [6.07, 6.45) is 6.67. The van der Waals surface area contributed by atoms with E-state index >= 15 is 0 Å². The van der Waals surface area contributed by atoms with Crippen molar-refractivity contribution in [2.24, 2.45) is 5.73 Å². The van der Waals surface area contributed by atoms with Gasteiger partial charge in [0.1, 0.15) is 0 Å². The minimum atomic E-state index is -0.222. The number of amides is 2.